The van der Waals surface area contributed by atoms with Gasteiger partial charge >= 0.3 is 0 Å². The quantitative estimate of drug-likeness (QED) is 0.884. The van der Waals surface area contributed by atoms with E-state index in [1.807, 2.05) is 0 Å². The zero-order valence-corrected chi connectivity index (χ0v) is 11.2. The molecule has 0 saturated heterocycles. The largest absolute Gasteiger partial charge is 0.384 e. The second-order valence-corrected chi connectivity index (χ2v) is 4.90. The number of aryl methyl sites for hydroxylation is 1. The summed E-state index contributed by atoms with van der Waals surface area (Å²) < 4.78 is 27.3. The molecule has 0 spiro atoms. The van der Waals surface area contributed by atoms with E-state index in [0.29, 0.717) is 11.1 Å². The van der Waals surface area contributed by atoms with Gasteiger partial charge in [0.15, 0.2) is 0 Å². The van der Waals surface area contributed by atoms with Crippen LogP contribution < -0.4 is 0 Å². The summed E-state index contributed by atoms with van der Waals surface area (Å²) in [5.74, 6) is -0.987. The van der Waals surface area contributed by atoms with E-state index in [1.165, 1.54) is 18.2 Å². The summed E-state index contributed by atoms with van der Waals surface area (Å²) in [7, 11) is 0. The highest BCUT2D eigenvalue weighted by Gasteiger charge is 2.18. The average Bonchev–Trinajstić information content (AvgIpc) is 2.35. The molecule has 0 aliphatic rings. The smallest absolute Gasteiger partial charge is 0.143 e. The molecule has 0 fully saturated rings. The molecule has 1 N–H and O–H groups in total. The van der Waals surface area contributed by atoms with Crippen molar-refractivity contribution in [2.75, 3.05) is 0 Å². The molecule has 1 unspecified atom stereocenters. The maximum absolute atomic E-state index is 13.9. The summed E-state index contributed by atoms with van der Waals surface area (Å²) in [6, 6.07) is 8.74. The van der Waals surface area contributed by atoms with Crippen molar-refractivity contribution in [2.45, 2.75) is 13.0 Å². The number of hydrogen-bond acceptors (Lipinski definition) is 1. The maximum atomic E-state index is 13.9. The standard InChI is InChI=1S/C14H11BrF2O/c1-8-5-6-9(16)7-11(8)14(18)10-3-2-4-12(15)13(10)17/h2-7,14,18H,1H3. The Balaban J connectivity index is 2.51. The lowest BCUT2D eigenvalue weighted by molar-refractivity contribution is 0.213. The number of benzene rings is 2. The van der Waals surface area contributed by atoms with Gasteiger partial charge in [0.1, 0.15) is 17.7 Å². The third-order valence-corrected chi connectivity index (χ3v) is 3.42. The van der Waals surface area contributed by atoms with Gasteiger partial charge in [0, 0.05) is 5.56 Å². The molecule has 1 atom stereocenters. The normalized spacial score (nSPS) is 12.5. The molecule has 18 heavy (non-hydrogen) atoms. The Morgan fingerprint density at radius 2 is 1.83 bits per heavy atom. The molecule has 94 valence electrons. The van der Waals surface area contributed by atoms with Crippen LogP contribution in [0, 0.1) is 18.6 Å². The lowest BCUT2D eigenvalue weighted by Gasteiger charge is -2.15. The fourth-order valence-electron chi connectivity index (χ4n) is 1.81. The minimum Gasteiger partial charge on any atom is -0.384 e. The van der Waals surface area contributed by atoms with Crippen LogP contribution in [-0.2, 0) is 0 Å². The Labute approximate surface area is 112 Å². The Hall–Kier alpha value is -1.26. The number of halogens is 3. The van der Waals surface area contributed by atoms with E-state index in [0.717, 1.165) is 0 Å². The monoisotopic (exact) mass is 312 g/mol. The second-order valence-electron chi connectivity index (χ2n) is 4.05. The van der Waals surface area contributed by atoms with Crippen LogP contribution in [0.15, 0.2) is 40.9 Å². The molecule has 4 heteroatoms. The predicted molar refractivity (Wildman–Crippen MR) is 69.3 cm³/mol. The summed E-state index contributed by atoms with van der Waals surface area (Å²) in [6.07, 6.45) is -1.18. The SMILES string of the molecule is Cc1ccc(F)cc1C(O)c1cccc(Br)c1F. The molecule has 0 amide bonds. The van der Waals surface area contributed by atoms with Crippen molar-refractivity contribution < 1.29 is 13.9 Å². The van der Waals surface area contributed by atoms with Crippen LogP contribution in [0.4, 0.5) is 8.78 Å². The summed E-state index contributed by atoms with van der Waals surface area (Å²) in [4.78, 5) is 0. The second kappa shape index (κ2) is 5.16. The van der Waals surface area contributed by atoms with E-state index in [2.05, 4.69) is 15.9 Å². The van der Waals surface area contributed by atoms with Crippen LogP contribution in [0.1, 0.15) is 22.8 Å². The van der Waals surface area contributed by atoms with Gasteiger partial charge in [-0.3, -0.25) is 0 Å². The highest BCUT2D eigenvalue weighted by atomic mass is 79.9. The molecule has 0 heterocycles. The molecule has 0 aliphatic carbocycles. The number of hydrogen-bond donors (Lipinski definition) is 1. The van der Waals surface area contributed by atoms with Gasteiger partial charge in [0.05, 0.1) is 4.47 Å². The van der Waals surface area contributed by atoms with Gasteiger partial charge in [-0.2, -0.15) is 0 Å². The Morgan fingerprint density at radius 3 is 2.56 bits per heavy atom. The van der Waals surface area contributed by atoms with E-state index < -0.39 is 17.7 Å². The molecule has 0 bridgehead atoms. The zero-order chi connectivity index (χ0) is 13.3. The minimum atomic E-state index is -1.18. The molecule has 0 aliphatic heterocycles. The number of rotatable bonds is 2. The van der Waals surface area contributed by atoms with Gasteiger partial charge in [-0.1, -0.05) is 18.2 Å². The Kier molecular flexibility index (Phi) is 3.78. The third kappa shape index (κ3) is 2.44. The molecule has 2 rings (SSSR count). The van der Waals surface area contributed by atoms with Gasteiger partial charge in [-0.15, -0.1) is 0 Å². The maximum Gasteiger partial charge on any atom is 0.143 e. The number of aliphatic hydroxyl groups excluding tert-OH is 1. The van der Waals surface area contributed by atoms with Crippen LogP contribution in [0.25, 0.3) is 0 Å². The molecule has 2 aromatic carbocycles. The van der Waals surface area contributed by atoms with Crippen molar-refractivity contribution in [1.29, 1.82) is 0 Å². The van der Waals surface area contributed by atoms with Gasteiger partial charge in [-0.05, 0) is 52.2 Å². The van der Waals surface area contributed by atoms with Crippen molar-refractivity contribution in [3.8, 4) is 0 Å². The van der Waals surface area contributed by atoms with Gasteiger partial charge in [0.25, 0.3) is 0 Å². The van der Waals surface area contributed by atoms with Crippen molar-refractivity contribution in [2.24, 2.45) is 0 Å². The highest BCUT2D eigenvalue weighted by Crippen LogP contribution is 2.30. The lowest BCUT2D eigenvalue weighted by Crippen LogP contribution is -2.05. The summed E-state index contributed by atoms with van der Waals surface area (Å²) >= 11 is 3.06. The molecular formula is C14H11BrF2O. The predicted octanol–water partition coefficient (Wildman–Crippen LogP) is 4.12. The van der Waals surface area contributed by atoms with E-state index in [-0.39, 0.29) is 10.0 Å². The summed E-state index contributed by atoms with van der Waals surface area (Å²) in [5, 5.41) is 10.2. The van der Waals surface area contributed by atoms with Gasteiger partial charge in [-0.25, -0.2) is 8.78 Å². The Morgan fingerprint density at radius 1 is 1.11 bits per heavy atom. The van der Waals surface area contributed by atoms with Gasteiger partial charge in [0.2, 0.25) is 0 Å². The first-order valence-electron chi connectivity index (χ1n) is 5.38. The average molecular weight is 313 g/mol. The third-order valence-electron chi connectivity index (χ3n) is 2.81. The van der Waals surface area contributed by atoms with Crippen molar-refractivity contribution in [3.05, 3.63) is 69.2 Å². The topological polar surface area (TPSA) is 20.2 Å². The van der Waals surface area contributed by atoms with Crippen LogP contribution in [0.5, 0.6) is 0 Å². The fraction of sp³-hybridized carbons (Fsp3) is 0.143. The van der Waals surface area contributed by atoms with Crippen molar-refractivity contribution >= 4 is 15.9 Å². The zero-order valence-electron chi connectivity index (χ0n) is 9.62. The van der Waals surface area contributed by atoms with E-state index in [1.54, 1.807) is 25.1 Å². The van der Waals surface area contributed by atoms with Crippen LogP contribution >= 0.6 is 15.9 Å². The number of aliphatic hydroxyl groups is 1. The van der Waals surface area contributed by atoms with Crippen molar-refractivity contribution in [1.82, 2.24) is 0 Å². The molecule has 0 saturated carbocycles. The first-order valence-corrected chi connectivity index (χ1v) is 6.18. The van der Waals surface area contributed by atoms with Crippen LogP contribution in [0.2, 0.25) is 0 Å². The highest BCUT2D eigenvalue weighted by molar-refractivity contribution is 9.10. The molecule has 2 aromatic rings. The van der Waals surface area contributed by atoms with E-state index in [9.17, 15) is 13.9 Å². The fourth-order valence-corrected chi connectivity index (χ4v) is 2.19. The lowest BCUT2D eigenvalue weighted by atomic mass is 9.97. The van der Waals surface area contributed by atoms with Gasteiger partial charge < -0.3 is 5.11 Å². The Bertz CT molecular complexity index is 582. The summed E-state index contributed by atoms with van der Waals surface area (Å²) in [6.45, 7) is 1.74. The summed E-state index contributed by atoms with van der Waals surface area (Å²) in [5.41, 5.74) is 1.20. The molecule has 0 aromatic heterocycles. The molecule has 1 nitrogen and oxygen atoms in total. The first kappa shape index (κ1) is 13.2. The van der Waals surface area contributed by atoms with E-state index in [4.69, 9.17) is 0 Å². The van der Waals surface area contributed by atoms with Crippen LogP contribution in [-0.4, -0.2) is 5.11 Å². The first-order chi connectivity index (χ1) is 8.50. The molecular weight excluding hydrogens is 302 g/mol. The van der Waals surface area contributed by atoms with Crippen LogP contribution in [0.3, 0.4) is 0 Å². The van der Waals surface area contributed by atoms with Crippen molar-refractivity contribution in [3.63, 3.8) is 0 Å². The molecule has 0 radical (unpaired) electrons. The minimum absolute atomic E-state index is 0.123. The van der Waals surface area contributed by atoms with E-state index >= 15 is 0 Å².